The molecule has 1 rings (SSSR count). The number of esters is 1. The first kappa shape index (κ1) is 21.8. The van der Waals surface area contributed by atoms with Crippen molar-refractivity contribution in [1.29, 1.82) is 0 Å². The highest BCUT2D eigenvalue weighted by Crippen LogP contribution is 2.17. The number of hydrazine groups is 1. The molecule has 1 aromatic rings. The van der Waals surface area contributed by atoms with E-state index in [-0.39, 0.29) is 18.7 Å². The van der Waals surface area contributed by atoms with Gasteiger partial charge in [-0.25, -0.2) is 37.3 Å². The van der Waals surface area contributed by atoms with Gasteiger partial charge in [0.1, 0.15) is 23.2 Å². The number of rotatable bonds is 9. The molecule has 0 bridgehead atoms. The standard InChI is InChI=1S/C16H20F5N3O2/c1-4-14(16(25)26-5-2)23-24(22-9(3)15(20)21)8-11-12(18)6-10(17)7-13(11)19/h6-7,9,15,22H,4-5,8H2,1-3H3/b23-14+. The molecule has 1 aromatic carbocycles. The smallest absolute Gasteiger partial charge is 0.354 e. The van der Waals surface area contributed by atoms with Crippen molar-refractivity contribution in [3.8, 4) is 0 Å². The molecule has 0 aromatic heterocycles. The molecule has 0 spiro atoms. The summed E-state index contributed by atoms with van der Waals surface area (Å²) in [7, 11) is 0. The molecule has 1 atom stereocenters. The Bertz CT molecular complexity index is 632. The van der Waals surface area contributed by atoms with Gasteiger partial charge in [-0.3, -0.25) is 0 Å². The highest BCUT2D eigenvalue weighted by atomic mass is 19.3. The van der Waals surface area contributed by atoms with Crippen molar-refractivity contribution in [3.63, 3.8) is 0 Å². The number of benzene rings is 1. The monoisotopic (exact) mass is 381 g/mol. The third-order valence-corrected chi connectivity index (χ3v) is 3.23. The van der Waals surface area contributed by atoms with Gasteiger partial charge < -0.3 is 4.74 Å². The molecule has 1 N–H and O–H groups in total. The zero-order valence-electron chi connectivity index (χ0n) is 14.5. The second-order valence-electron chi connectivity index (χ2n) is 5.28. The zero-order chi connectivity index (χ0) is 19.9. The molecule has 10 heteroatoms. The van der Waals surface area contributed by atoms with Gasteiger partial charge in [0.05, 0.1) is 19.2 Å². The number of hydrogen-bond acceptors (Lipinski definition) is 5. The largest absolute Gasteiger partial charge is 0.461 e. The van der Waals surface area contributed by atoms with Crippen LogP contribution in [0.4, 0.5) is 22.0 Å². The van der Waals surface area contributed by atoms with E-state index in [0.717, 1.165) is 6.92 Å². The molecule has 146 valence electrons. The van der Waals surface area contributed by atoms with Gasteiger partial charge >= 0.3 is 5.97 Å². The van der Waals surface area contributed by atoms with E-state index < -0.39 is 48.0 Å². The van der Waals surface area contributed by atoms with Crippen molar-refractivity contribution in [3.05, 3.63) is 35.1 Å². The van der Waals surface area contributed by atoms with Crippen LogP contribution in [-0.2, 0) is 16.1 Å². The Labute approximate surface area is 147 Å². The molecule has 0 saturated carbocycles. The summed E-state index contributed by atoms with van der Waals surface area (Å²) in [6.45, 7) is 3.69. The third-order valence-electron chi connectivity index (χ3n) is 3.23. The molecular weight excluding hydrogens is 361 g/mol. The summed E-state index contributed by atoms with van der Waals surface area (Å²) in [5.41, 5.74) is 1.53. The average Bonchev–Trinajstić information content (AvgIpc) is 2.55. The first-order chi connectivity index (χ1) is 12.2. The lowest BCUT2D eigenvalue weighted by Gasteiger charge is -2.25. The summed E-state index contributed by atoms with van der Waals surface area (Å²) >= 11 is 0. The number of halogens is 5. The summed E-state index contributed by atoms with van der Waals surface area (Å²) in [5.74, 6) is -4.31. The van der Waals surface area contributed by atoms with Gasteiger partial charge in [0, 0.05) is 17.7 Å². The Morgan fingerprint density at radius 1 is 1.23 bits per heavy atom. The number of nitrogens with zero attached hydrogens (tertiary/aromatic N) is 2. The summed E-state index contributed by atoms with van der Waals surface area (Å²) < 4.78 is 71.1. The lowest BCUT2D eigenvalue weighted by Crippen LogP contribution is -2.44. The molecule has 0 aliphatic carbocycles. The van der Waals surface area contributed by atoms with E-state index in [1.807, 2.05) is 0 Å². The Balaban J connectivity index is 3.18. The van der Waals surface area contributed by atoms with Crippen LogP contribution in [0.1, 0.15) is 32.8 Å². The van der Waals surface area contributed by atoms with Crippen molar-refractivity contribution in [2.24, 2.45) is 5.10 Å². The summed E-state index contributed by atoms with van der Waals surface area (Å²) in [4.78, 5) is 11.8. The maximum Gasteiger partial charge on any atom is 0.354 e. The third kappa shape index (κ3) is 6.25. The Morgan fingerprint density at radius 2 is 1.81 bits per heavy atom. The van der Waals surface area contributed by atoms with Crippen molar-refractivity contribution in [2.45, 2.75) is 46.2 Å². The number of ether oxygens (including phenoxy) is 1. The quantitative estimate of drug-likeness (QED) is 0.308. The van der Waals surface area contributed by atoms with Gasteiger partial charge in [0.25, 0.3) is 6.43 Å². The first-order valence-corrected chi connectivity index (χ1v) is 7.89. The minimum absolute atomic E-state index is 0.0694. The van der Waals surface area contributed by atoms with Crippen molar-refractivity contribution in [1.82, 2.24) is 10.5 Å². The Kier molecular flexibility index (Phi) is 8.43. The van der Waals surface area contributed by atoms with Crippen LogP contribution < -0.4 is 5.43 Å². The first-order valence-electron chi connectivity index (χ1n) is 7.89. The number of carbonyl (C=O) groups excluding carboxylic acids is 1. The maximum absolute atomic E-state index is 13.8. The molecule has 0 aliphatic heterocycles. The fraction of sp³-hybridized carbons (Fsp3) is 0.500. The fourth-order valence-electron chi connectivity index (χ4n) is 1.89. The van der Waals surface area contributed by atoms with Gasteiger partial charge in [-0.2, -0.15) is 5.10 Å². The lowest BCUT2D eigenvalue weighted by molar-refractivity contribution is -0.135. The average molecular weight is 381 g/mol. The number of carbonyl (C=O) groups is 1. The Hall–Kier alpha value is -2.23. The van der Waals surface area contributed by atoms with Crippen molar-refractivity contribution < 1.29 is 31.5 Å². The normalized spacial score (nSPS) is 13.0. The molecule has 0 heterocycles. The van der Waals surface area contributed by atoms with E-state index >= 15 is 0 Å². The van der Waals surface area contributed by atoms with E-state index in [1.54, 1.807) is 13.8 Å². The van der Waals surface area contributed by atoms with Crippen LogP contribution in [0, 0.1) is 17.5 Å². The lowest BCUT2D eigenvalue weighted by atomic mass is 10.2. The topological polar surface area (TPSA) is 53.9 Å². The van der Waals surface area contributed by atoms with Gasteiger partial charge in [-0.15, -0.1) is 0 Å². The molecule has 0 fully saturated rings. The summed E-state index contributed by atoms with van der Waals surface area (Å²) in [6.07, 6.45) is -2.71. The molecular formula is C16H20F5N3O2. The van der Waals surface area contributed by atoms with Crippen LogP contribution >= 0.6 is 0 Å². The SMILES string of the molecule is CCOC(=O)/C(CC)=N/N(Cc1c(F)cc(F)cc1F)NC(C)C(F)F. The van der Waals surface area contributed by atoms with E-state index in [1.165, 1.54) is 0 Å². The van der Waals surface area contributed by atoms with E-state index in [4.69, 9.17) is 4.74 Å². The zero-order valence-corrected chi connectivity index (χ0v) is 14.5. The number of hydrazone groups is 1. The van der Waals surface area contributed by atoms with Gasteiger partial charge in [-0.1, -0.05) is 6.92 Å². The molecule has 0 amide bonds. The van der Waals surface area contributed by atoms with Gasteiger partial charge in [0.15, 0.2) is 0 Å². The van der Waals surface area contributed by atoms with Crippen LogP contribution in [0.15, 0.2) is 17.2 Å². The highest BCUT2D eigenvalue weighted by molar-refractivity contribution is 6.36. The predicted octanol–water partition coefficient (Wildman–Crippen LogP) is 3.39. The molecule has 0 saturated heterocycles. The number of hydrogen-bond donors (Lipinski definition) is 1. The fourth-order valence-corrected chi connectivity index (χ4v) is 1.89. The maximum atomic E-state index is 13.8. The molecule has 0 radical (unpaired) electrons. The second-order valence-corrected chi connectivity index (χ2v) is 5.28. The van der Waals surface area contributed by atoms with Crippen LogP contribution in [-0.4, -0.2) is 35.9 Å². The summed E-state index contributed by atoms with van der Waals surface area (Å²) in [6, 6.07) is -0.503. The molecule has 1 unspecified atom stereocenters. The van der Waals surface area contributed by atoms with Crippen LogP contribution in [0.25, 0.3) is 0 Å². The second kappa shape index (κ2) is 10.0. The Morgan fingerprint density at radius 3 is 2.27 bits per heavy atom. The summed E-state index contributed by atoms with van der Waals surface area (Å²) in [5, 5.41) is 4.55. The van der Waals surface area contributed by atoms with Crippen molar-refractivity contribution >= 4 is 11.7 Å². The van der Waals surface area contributed by atoms with Crippen LogP contribution in [0.2, 0.25) is 0 Å². The minimum atomic E-state index is -2.80. The minimum Gasteiger partial charge on any atom is -0.461 e. The number of nitrogens with one attached hydrogen (secondary N) is 1. The van der Waals surface area contributed by atoms with Gasteiger partial charge in [0.2, 0.25) is 0 Å². The van der Waals surface area contributed by atoms with E-state index in [9.17, 15) is 26.7 Å². The molecule has 5 nitrogen and oxygen atoms in total. The highest BCUT2D eigenvalue weighted by Gasteiger charge is 2.22. The molecule has 26 heavy (non-hydrogen) atoms. The van der Waals surface area contributed by atoms with E-state index in [0.29, 0.717) is 17.3 Å². The number of alkyl halides is 2. The van der Waals surface area contributed by atoms with Gasteiger partial charge in [-0.05, 0) is 20.3 Å². The predicted molar refractivity (Wildman–Crippen MR) is 84.8 cm³/mol. The van der Waals surface area contributed by atoms with E-state index in [2.05, 4.69) is 10.5 Å². The van der Waals surface area contributed by atoms with Crippen molar-refractivity contribution in [2.75, 3.05) is 6.61 Å². The van der Waals surface area contributed by atoms with Crippen LogP contribution in [0.5, 0.6) is 0 Å². The molecule has 0 aliphatic rings. The van der Waals surface area contributed by atoms with Crippen LogP contribution in [0.3, 0.4) is 0 Å².